The third-order valence-corrected chi connectivity index (χ3v) is 4.05. The number of likely N-dealkylation sites (N-methyl/N-ethyl adjacent to an activating group) is 1. The summed E-state index contributed by atoms with van der Waals surface area (Å²) in [6.45, 7) is 6.18. The number of carbonyl (C=O) groups is 1. The second-order valence-electron chi connectivity index (χ2n) is 5.81. The highest BCUT2D eigenvalue weighted by molar-refractivity contribution is 5.96. The smallest absolute Gasteiger partial charge is 0.255 e. The SMILES string of the molecule is Cc1oc(C)c(C(=O)NC[C@H](c2ccccc2)N(C)C)c1C. The van der Waals surface area contributed by atoms with Gasteiger partial charge in [-0.2, -0.15) is 0 Å². The Kier molecular flexibility index (Phi) is 5.03. The number of nitrogens with one attached hydrogen (secondary N) is 1. The lowest BCUT2D eigenvalue weighted by Crippen LogP contribution is -2.34. The van der Waals surface area contributed by atoms with Crippen molar-refractivity contribution in [2.24, 2.45) is 0 Å². The van der Waals surface area contributed by atoms with E-state index in [0.717, 1.165) is 11.3 Å². The molecule has 0 unspecified atom stereocenters. The minimum absolute atomic E-state index is 0.0744. The summed E-state index contributed by atoms with van der Waals surface area (Å²) < 4.78 is 5.53. The zero-order valence-corrected chi connectivity index (χ0v) is 13.9. The van der Waals surface area contributed by atoms with Gasteiger partial charge in [0, 0.05) is 12.1 Å². The van der Waals surface area contributed by atoms with Gasteiger partial charge >= 0.3 is 0 Å². The normalized spacial score (nSPS) is 12.5. The summed E-state index contributed by atoms with van der Waals surface area (Å²) in [7, 11) is 4.03. The molecule has 2 aromatic rings. The maximum absolute atomic E-state index is 12.5. The monoisotopic (exact) mass is 300 g/mol. The topological polar surface area (TPSA) is 45.5 Å². The molecule has 0 spiro atoms. The lowest BCUT2D eigenvalue weighted by atomic mass is 10.1. The Labute approximate surface area is 132 Å². The van der Waals surface area contributed by atoms with Crippen molar-refractivity contribution >= 4 is 5.91 Å². The van der Waals surface area contributed by atoms with Gasteiger partial charge in [-0.05, 0) is 40.4 Å². The highest BCUT2D eigenvalue weighted by Gasteiger charge is 2.20. The first-order valence-corrected chi connectivity index (χ1v) is 7.48. The first-order valence-electron chi connectivity index (χ1n) is 7.48. The fraction of sp³-hybridized carbons (Fsp3) is 0.389. The minimum Gasteiger partial charge on any atom is -0.466 e. The van der Waals surface area contributed by atoms with Crippen LogP contribution in [0, 0.1) is 20.8 Å². The van der Waals surface area contributed by atoms with E-state index >= 15 is 0 Å². The average Bonchev–Trinajstić information content (AvgIpc) is 2.73. The Morgan fingerprint density at radius 3 is 2.27 bits per heavy atom. The number of rotatable bonds is 5. The van der Waals surface area contributed by atoms with Crippen LogP contribution in [0.4, 0.5) is 0 Å². The minimum atomic E-state index is -0.0744. The number of nitrogens with zero attached hydrogens (tertiary/aromatic N) is 1. The van der Waals surface area contributed by atoms with Crippen LogP contribution < -0.4 is 5.32 Å². The Morgan fingerprint density at radius 2 is 1.77 bits per heavy atom. The second kappa shape index (κ2) is 6.79. The zero-order valence-electron chi connectivity index (χ0n) is 13.9. The molecule has 0 saturated heterocycles. The molecule has 0 bridgehead atoms. The number of hydrogen-bond acceptors (Lipinski definition) is 3. The Morgan fingerprint density at radius 1 is 1.14 bits per heavy atom. The Bertz CT molecular complexity index is 645. The van der Waals surface area contributed by atoms with Gasteiger partial charge in [0.15, 0.2) is 0 Å². The standard InChI is InChI=1S/C18H24N2O2/c1-12-13(2)22-14(3)17(12)18(21)19-11-16(20(4)5)15-9-7-6-8-10-15/h6-10,16H,11H2,1-5H3,(H,19,21)/t16-/m1/s1. The maximum Gasteiger partial charge on any atom is 0.255 e. The number of aryl methyl sites for hydroxylation is 2. The van der Waals surface area contributed by atoms with Crippen LogP contribution in [0.3, 0.4) is 0 Å². The van der Waals surface area contributed by atoms with E-state index in [9.17, 15) is 4.79 Å². The number of carbonyl (C=O) groups excluding carboxylic acids is 1. The molecule has 4 heteroatoms. The largest absolute Gasteiger partial charge is 0.466 e. The highest BCUT2D eigenvalue weighted by atomic mass is 16.3. The van der Waals surface area contributed by atoms with Crippen molar-refractivity contribution in [3.05, 3.63) is 58.5 Å². The molecule has 1 amide bonds. The van der Waals surface area contributed by atoms with E-state index in [2.05, 4.69) is 22.3 Å². The molecule has 0 aliphatic carbocycles. The van der Waals surface area contributed by atoms with Gasteiger partial charge in [0.25, 0.3) is 5.91 Å². The third kappa shape index (κ3) is 3.39. The first-order chi connectivity index (χ1) is 10.4. The van der Waals surface area contributed by atoms with Crippen LogP contribution in [0.1, 0.15) is 39.0 Å². The summed E-state index contributed by atoms with van der Waals surface area (Å²) in [5, 5.41) is 3.03. The van der Waals surface area contributed by atoms with Crippen LogP contribution in [0.15, 0.2) is 34.7 Å². The molecule has 4 nitrogen and oxygen atoms in total. The van der Waals surface area contributed by atoms with Gasteiger partial charge in [-0.1, -0.05) is 30.3 Å². The van der Waals surface area contributed by atoms with E-state index in [-0.39, 0.29) is 11.9 Å². The first kappa shape index (κ1) is 16.3. The molecule has 1 N–H and O–H groups in total. The van der Waals surface area contributed by atoms with Crippen molar-refractivity contribution in [1.82, 2.24) is 10.2 Å². The molecule has 1 aromatic heterocycles. The molecule has 1 atom stereocenters. The molecule has 2 rings (SSSR count). The third-order valence-electron chi connectivity index (χ3n) is 4.05. The molecule has 0 fully saturated rings. The van der Waals surface area contributed by atoms with Crippen LogP contribution in [0.25, 0.3) is 0 Å². The number of benzene rings is 1. The summed E-state index contributed by atoms with van der Waals surface area (Å²) in [5.74, 6) is 1.40. The van der Waals surface area contributed by atoms with Crippen LogP contribution in [-0.2, 0) is 0 Å². The second-order valence-corrected chi connectivity index (χ2v) is 5.81. The van der Waals surface area contributed by atoms with Crippen LogP contribution in [-0.4, -0.2) is 31.4 Å². The zero-order chi connectivity index (χ0) is 16.3. The van der Waals surface area contributed by atoms with Crippen molar-refractivity contribution in [2.45, 2.75) is 26.8 Å². The summed E-state index contributed by atoms with van der Waals surface area (Å²) in [6.07, 6.45) is 0. The van der Waals surface area contributed by atoms with E-state index in [1.54, 1.807) is 0 Å². The van der Waals surface area contributed by atoms with Gasteiger partial charge in [-0.3, -0.25) is 4.79 Å². The summed E-state index contributed by atoms with van der Waals surface area (Å²) >= 11 is 0. The fourth-order valence-electron chi connectivity index (χ4n) is 2.68. The van der Waals surface area contributed by atoms with Crippen molar-refractivity contribution in [3.63, 3.8) is 0 Å². The number of hydrogen-bond donors (Lipinski definition) is 1. The molecule has 0 aliphatic rings. The van der Waals surface area contributed by atoms with Gasteiger partial charge in [0.2, 0.25) is 0 Å². The van der Waals surface area contributed by atoms with Crippen molar-refractivity contribution in [3.8, 4) is 0 Å². The maximum atomic E-state index is 12.5. The van der Waals surface area contributed by atoms with Crippen LogP contribution in [0.5, 0.6) is 0 Å². The van der Waals surface area contributed by atoms with Crippen molar-refractivity contribution < 1.29 is 9.21 Å². The lowest BCUT2D eigenvalue weighted by Gasteiger charge is -2.25. The molecule has 118 valence electrons. The molecule has 1 heterocycles. The van der Waals surface area contributed by atoms with Crippen LogP contribution >= 0.6 is 0 Å². The van der Waals surface area contributed by atoms with Gasteiger partial charge in [0.1, 0.15) is 11.5 Å². The van der Waals surface area contributed by atoms with E-state index in [0.29, 0.717) is 17.9 Å². The number of furan rings is 1. The predicted octanol–water partition coefficient (Wildman–Crippen LogP) is 3.24. The highest BCUT2D eigenvalue weighted by Crippen LogP contribution is 2.21. The molecule has 22 heavy (non-hydrogen) atoms. The van der Waals surface area contributed by atoms with Crippen molar-refractivity contribution in [1.29, 1.82) is 0 Å². The molecule has 0 radical (unpaired) electrons. The summed E-state index contributed by atoms with van der Waals surface area (Å²) in [5.41, 5.74) is 2.75. The summed E-state index contributed by atoms with van der Waals surface area (Å²) in [6, 6.07) is 10.3. The molecule has 0 saturated carbocycles. The van der Waals surface area contributed by atoms with Gasteiger partial charge in [-0.15, -0.1) is 0 Å². The number of amides is 1. The van der Waals surface area contributed by atoms with Gasteiger partial charge < -0.3 is 14.6 Å². The molecule has 0 aliphatic heterocycles. The van der Waals surface area contributed by atoms with E-state index < -0.39 is 0 Å². The fourth-order valence-corrected chi connectivity index (χ4v) is 2.68. The quantitative estimate of drug-likeness (QED) is 0.922. The summed E-state index contributed by atoms with van der Waals surface area (Å²) in [4.78, 5) is 14.6. The molecular weight excluding hydrogens is 276 g/mol. The average molecular weight is 300 g/mol. The van der Waals surface area contributed by atoms with Crippen molar-refractivity contribution in [2.75, 3.05) is 20.6 Å². The van der Waals surface area contributed by atoms with Gasteiger partial charge in [-0.25, -0.2) is 0 Å². The predicted molar refractivity (Wildman–Crippen MR) is 88.1 cm³/mol. The Hall–Kier alpha value is -2.07. The van der Waals surface area contributed by atoms with E-state index in [4.69, 9.17) is 4.42 Å². The van der Waals surface area contributed by atoms with Gasteiger partial charge in [0.05, 0.1) is 11.6 Å². The molecule has 1 aromatic carbocycles. The van der Waals surface area contributed by atoms with Crippen LogP contribution in [0.2, 0.25) is 0 Å². The van der Waals surface area contributed by atoms with E-state index in [1.807, 2.05) is 53.1 Å². The Balaban J connectivity index is 2.11. The van der Waals surface area contributed by atoms with E-state index in [1.165, 1.54) is 5.56 Å². The lowest BCUT2D eigenvalue weighted by molar-refractivity contribution is 0.0940. The molecular formula is C18H24N2O2.